The van der Waals surface area contributed by atoms with E-state index in [1.807, 2.05) is 24.5 Å². The minimum Gasteiger partial charge on any atom is -0.363 e. The fraction of sp³-hybridized carbons (Fsp3) is 0.296. The number of hydrogen-bond acceptors (Lipinski definition) is 1. The summed E-state index contributed by atoms with van der Waals surface area (Å²) in [4.78, 5) is 7.19. The van der Waals surface area contributed by atoms with Crippen LogP contribution >= 0.6 is 0 Å². The van der Waals surface area contributed by atoms with Crippen molar-refractivity contribution in [2.45, 2.75) is 44.6 Å². The van der Waals surface area contributed by atoms with Crippen molar-refractivity contribution in [3.05, 3.63) is 83.7 Å². The number of halogens is 1. The van der Waals surface area contributed by atoms with Gasteiger partial charge in [0.05, 0.1) is 12.0 Å². The van der Waals surface area contributed by atoms with Crippen LogP contribution in [-0.4, -0.2) is 24.3 Å². The van der Waals surface area contributed by atoms with Crippen molar-refractivity contribution >= 4 is 28.9 Å². The second kappa shape index (κ2) is 9.25. The Labute approximate surface area is 178 Å². The lowest BCUT2D eigenvalue weighted by atomic mass is 9.94. The van der Waals surface area contributed by atoms with Crippen LogP contribution in [0.4, 0.5) is 10.1 Å². The molecule has 154 valence electrons. The van der Waals surface area contributed by atoms with Gasteiger partial charge in [0.2, 0.25) is 0 Å². The number of aliphatic imine (C=N–C) groups is 1. The second-order valence-electron chi connectivity index (χ2n) is 8.23. The number of fused-ring (bicyclic) bond motifs is 1. The standard InChI is InChI=1S/C27H29FN2/c1-3-21-18-22(17-20-13-15-23(28)16-14-20)25-11-7-8-12-26(25)27(21)29-19-30(2)24-9-5-4-6-10-24/h3,7-8,11-16,18-19,24H,1,4-6,9-10,17H2,2H3. The maximum Gasteiger partial charge on any atom is 0.123 e. The van der Waals surface area contributed by atoms with E-state index in [0.717, 1.165) is 28.6 Å². The molecule has 0 atom stereocenters. The minimum atomic E-state index is -0.206. The summed E-state index contributed by atoms with van der Waals surface area (Å²) in [6.45, 7) is 4.04. The lowest BCUT2D eigenvalue weighted by Crippen LogP contribution is -2.32. The monoisotopic (exact) mass is 400 g/mol. The van der Waals surface area contributed by atoms with Crippen LogP contribution in [0.2, 0.25) is 0 Å². The maximum atomic E-state index is 13.3. The van der Waals surface area contributed by atoms with Gasteiger partial charge in [-0.2, -0.15) is 0 Å². The third-order valence-electron chi connectivity index (χ3n) is 6.18. The molecule has 4 rings (SSSR count). The summed E-state index contributed by atoms with van der Waals surface area (Å²) >= 11 is 0. The molecule has 0 saturated heterocycles. The fourth-order valence-corrected chi connectivity index (χ4v) is 4.46. The summed E-state index contributed by atoms with van der Waals surface area (Å²) in [5.41, 5.74) is 4.28. The van der Waals surface area contributed by atoms with Gasteiger partial charge in [0.15, 0.2) is 0 Å². The summed E-state index contributed by atoms with van der Waals surface area (Å²) in [5, 5.41) is 2.31. The van der Waals surface area contributed by atoms with Crippen LogP contribution in [0.25, 0.3) is 16.8 Å². The molecule has 30 heavy (non-hydrogen) atoms. The lowest BCUT2D eigenvalue weighted by molar-refractivity contribution is 0.284. The molecule has 3 aromatic carbocycles. The van der Waals surface area contributed by atoms with E-state index < -0.39 is 0 Å². The molecule has 1 aliphatic rings. The Balaban J connectivity index is 1.70. The Kier molecular flexibility index (Phi) is 6.27. The van der Waals surface area contributed by atoms with Gasteiger partial charge in [0.1, 0.15) is 5.82 Å². The summed E-state index contributed by atoms with van der Waals surface area (Å²) in [6, 6.07) is 17.9. The molecule has 0 aromatic heterocycles. The molecule has 0 aliphatic heterocycles. The van der Waals surface area contributed by atoms with Crippen LogP contribution in [0.15, 0.2) is 66.2 Å². The van der Waals surface area contributed by atoms with Gasteiger partial charge in [-0.1, -0.05) is 68.3 Å². The Morgan fingerprint density at radius 1 is 1.03 bits per heavy atom. The molecular weight excluding hydrogens is 371 g/mol. The molecule has 0 bridgehead atoms. The maximum absolute atomic E-state index is 13.3. The zero-order valence-electron chi connectivity index (χ0n) is 17.7. The van der Waals surface area contributed by atoms with E-state index in [4.69, 9.17) is 4.99 Å². The molecule has 1 aliphatic carbocycles. The highest BCUT2D eigenvalue weighted by molar-refractivity contribution is 5.99. The molecule has 3 heteroatoms. The first-order valence-electron chi connectivity index (χ1n) is 10.8. The molecule has 0 unspecified atom stereocenters. The minimum absolute atomic E-state index is 0.206. The summed E-state index contributed by atoms with van der Waals surface area (Å²) in [5.74, 6) is -0.206. The first-order valence-corrected chi connectivity index (χ1v) is 10.8. The summed E-state index contributed by atoms with van der Waals surface area (Å²) in [7, 11) is 2.14. The van der Waals surface area contributed by atoms with Gasteiger partial charge in [0, 0.05) is 24.0 Å². The topological polar surface area (TPSA) is 15.6 Å². The predicted octanol–water partition coefficient (Wildman–Crippen LogP) is 7.14. The Hall–Kier alpha value is -2.94. The zero-order valence-corrected chi connectivity index (χ0v) is 17.7. The van der Waals surface area contributed by atoms with Gasteiger partial charge >= 0.3 is 0 Å². The Morgan fingerprint density at radius 2 is 1.73 bits per heavy atom. The van der Waals surface area contributed by atoms with E-state index in [1.165, 1.54) is 55.2 Å². The first-order chi connectivity index (χ1) is 14.7. The first kappa shape index (κ1) is 20.3. The predicted molar refractivity (Wildman–Crippen MR) is 126 cm³/mol. The van der Waals surface area contributed by atoms with Crippen molar-refractivity contribution in [1.82, 2.24) is 4.90 Å². The lowest BCUT2D eigenvalue weighted by Gasteiger charge is -2.29. The largest absolute Gasteiger partial charge is 0.363 e. The van der Waals surface area contributed by atoms with Crippen molar-refractivity contribution in [2.24, 2.45) is 4.99 Å². The summed E-state index contributed by atoms with van der Waals surface area (Å²) in [6.07, 6.45) is 11.1. The molecule has 3 aromatic rings. The number of rotatable bonds is 6. The molecule has 0 N–H and O–H groups in total. The van der Waals surface area contributed by atoms with Crippen molar-refractivity contribution in [1.29, 1.82) is 0 Å². The van der Waals surface area contributed by atoms with Gasteiger partial charge in [-0.15, -0.1) is 0 Å². The van der Waals surface area contributed by atoms with Crippen LogP contribution < -0.4 is 0 Å². The van der Waals surface area contributed by atoms with Crippen LogP contribution in [0.1, 0.15) is 48.8 Å². The quantitative estimate of drug-likeness (QED) is 0.317. The van der Waals surface area contributed by atoms with E-state index >= 15 is 0 Å². The molecule has 0 amide bonds. The molecule has 0 spiro atoms. The fourth-order valence-electron chi connectivity index (χ4n) is 4.46. The van der Waals surface area contributed by atoms with Gasteiger partial charge in [-0.3, -0.25) is 0 Å². The smallest absolute Gasteiger partial charge is 0.123 e. The van der Waals surface area contributed by atoms with Gasteiger partial charge in [-0.25, -0.2) is 9.38 Å². The zero-order chi connectivity index (χ0) is 20.9. The number of hydrogen-bond donors (Lipinski definition) is 0. The third kappa shape index (κ3) is 4.46. The van der Waals surface area contributed by atoms with Crippen molar-refractivity contribution in [2.75, 3.05) is 7.05 Å². The molecule has 2 nitrogen and oxygen atoms in total. The highest BCUT2D eigenvalue weighted by Gasteiger charge is 2.16. The van der Waals surface area contributed by atoms with E-state index in [1.54, 1.807) is 0 Å². The van der Waals surface area contributed by atoms with E-state index in [9.17, 15) is 4.39 Å². The Bertz CT molecular complexity index is 1050. The van der Waals surface area contributed by atoms with Gasteiger partial charge in [0.25, 0.3) is 0 Å². The van der Waals surface area contributed by atoms with Crippen LogP contribution in [0.5, 0.6) is 0 Å². The van der Waals surface area contributed by atoms with E-state index in [2.05, 4.69) is 48.9 Å². The number of nitrogens with zero attached hydrogens (tertiary/aromatic N) is 2. The average Bonchev–Trinajstić information content (AvgIpc) is 2.80. The molecular formula is C27H29FN2. The van der Waals surface area contributed by atoms with Crippen LogP contribution in [0, 0.1) is 5.82 Å². The second-order valence-corrected chi connectivity index (χ2v) is 8.23. The third-order valence-corrected chi connectivity index (χ3v) is 6.18. The Morgan fingerprint density at radius 3 is 2.43 bits per heavy atom. The summed E-state index contributed by atoms with van der Waals surface area (Å²) < 4.78 is 13.3. The van der Waals surface area contributed by atoms with Gasteiger partial charge in [-0.05, 0) is 54.0 Å². The van der Waals surface area contributed by atoms with E-state index in [0.29, 0.717) is 6.04 Å². The van der Waals surface area contributed by atoms with Crippen LogP contribution in [0.3, 0.4) is 0 Å². The van der Waals surface area contributed by atoms with Crippen molar-refractivity contribution < 1.29 is 4.39 Å². The SMILES string of the molecule is C=Cc1cc(Cc2ccc(F)cc2)c2ccccc2c1N=CN(C)C1CCCCC1. The highest BCUT2D eigenvalue weighted by atomic mass is 19.1. The van der Waals surface area contributed by atoms with Gasteiger partial charge < -0.3 is 4.90 Å². The molecule has 0 radical (unpaired) electrons. The normalized spacial score (nSPS) is 15.0. The highest BCUT2D eigenvalue weighted by Crippen LogP contribution is 2.35. The number of benzene rings is 3. The average molecular weight is 401 g/mol. The van der Waals surface area contributed by atoms with Crippen molar-refractivity contribution in [3.8, 4) is 0 Å². The van der Waals surface area contributed by atoms with Crippen molar-refractivity contribution in [3.63, 3.8) is 0 Å². The molecule has 1 fully saturated rings. The van der Waals surface area contributed by atoms with Crippen LogP contribution in [-0.2, 0) is 6.42 Å². The molecule has 0 heterocycles. The molecule has 1 saturated carbocycles. The van der Waals surface area contributed by atoms with E-state index in [-0.39, 0.29) is 5.82 Å².